The predicted octanol–water partition coefficient (Wildman–Crippen LogP) is 3.77. The first kappa shape index (κ1) is 24.1. The number of anilines is 1. The van der Waals surface area contributed by atoms with E-state index >= 15 is 0 Å². The minimum absolute atomic E-state index is 0.135. The topological polar surface area (TPSA) is 74.5 Å². The Labute approximate surface area is 192 Å². The van der Waals surface area contributed by atoms with E-state index in [1.807, 2.05) is 25.3 Å². The molecule has 0 bridgehead atoms. The van der Waals surface area contributed by atoms with Crippen LogP contribution >= 0.6 is 0 Å². The van der Waals surface area contributed by atoms with Crippen molar-refractivity contribution < 1.29 is 9.47 Å². The van der Waals surface area contributed by atoms with Crippen LogP contribution in [-0.2, 0) is 16.0 Å². The van der Waals surface area contributed by atoms with Crippen LogP contribution in [0.2, 0.25) is 0 Å². The van der Waals surface area contributed by atoms with Crippen molar-refractivity contribution >= 4 is 5.82 Å². The summed E-state index contributed by atoms with van der Waals surface area (Å²) in [6.07, 6.45) is 4.03. The average Bonchev–Trinajstić information content (AvgIpc) is 2.78. The Morgan fingerprint density at radius 1 is 1.09 bits per heavy atom. The number of aryl methyl sites for hydroxylation is 1. The lowest BCUT2D eigenvalue weighted by Crippen LogP contribution is -2.45. The van der Waals surface area contributed by atoms with Gasteiger partial charge in [-0.05, 0) is 58.5 Å². The molecule has 3 heterocycles. The second-order valence-electron chi connectivity index (χ2n) is 9.55. The molecular weight excluding hydrogens is 402 g/mol. The van der Waals surface area contributed by atoms with Crippen LogP contribution < -0.4 is 4.90 Å². The number of rotatable bonds is 8. The van der Waals surface area contributed by atoms with Gasteiger partial charge in [0.05, 0.1) is 18.8 Å². The summed E-state index contributed by atoms with van der Waals surface area (Å²) in [5.74, 6) is 1.20. The third kappa shape index (κ3) is 6.99. The van der Waals surface area contributed by atoms with E-state index in [1.54, 1.807) is 12.3 Å². The molecule has 172 valence electrons. The molecule has 1 aliphatic rings. The Bertz CT molecular complexity index is 879. The Morgan fingerprint density at radius 3 is 2.41 bits per heavy atom. The van der Waals surface area contributed by atoms with E-state index in [0.717, 1.165) is 36.6 Å². The molecular formula is C25H35N5O2. The Morgan fingerprint density at radius 2 is 1.84 bits per heavy atom. The maximum absolute atomic E-state index is 9.07. The van der Waals surface area contributed by atoms with Crippen molar-refractivity contribution in [1.82, 2.24) is 14.9 Å². The van der Waals surface area contributed by atoms with Crippen molar-refractivity contribution in [3.8, 4) is 6.07 Å². The standard InChI is InChI=1S/C25H35N5O2/c1-19-6-7-21(14-27-19)16-30(23-9-8-20(12-26)13-28-23)11-10-24-31-17-22(18-32-24)15-29(5)25(2,3)4/h6-9,13-14,22,24H,10-11,15-18H2,1-5H3. The van der Waals surface area contributed by atoms with Gasteiger partial charge in [-0.15, -0.1) is 0 Å². The summed E-state index contributed by atoms with van der Waals surface area (Å²) >= 11 is 0. The first-order valence-electron chi connectivity index (χ1n) is 11.2. The second-order valence-corrected chi connectivity index (χ2v) is 9.55. The van der Waals surface area contributed by atoms with Crippen molar-refractivity contribution in [2.24, 2.45) is 5.92 Å². The zero-order valence-electron chi connectivity index (χ0n) is 19.9. The van der Waals surface area contributed by atoms with Crippen molar-refractivity contribution in [3.05, 3.63) is 53.5 Å². The van der Waals surface area contributed by atoms with Gasteiger partial charge in [-0.2, -0.15) is 5.26 Å². The molecule has 0 aromatic carbocycles. The summed E-state index contributed by atoms with van der Waals surface area (Å²) in [5.41, 5.74) is 2.79. The molecule has 0 amide bonds. The van der Waals surface area contributed by atoms with Gasteiger partial charge in [0.2, 0.25) is 0 Å². The van der Waals surface area contributed by atoms with Gasteiger partial charge in [0.15, 0.2) is 6.29 Å². The first-order valence-corrected chi connectivity index (χ1v) is 11.2. The van der Waals surface area contributed by atoms with Gasteiger partial charge in [0.1, 0.15) is 11.9 Å². The van der Waals surface area contributed by atoms with E-state index in [4.69, 9.17) is 14.7 Å². The van der Waals surface area contributed by atoms with Crippen LogP contribution in [0.15, 0.2) is 36.7 Å². The van der Waals surface area contributed by atoms with Crippen LogP contribution in [-0.4, -0.2) is 60.0 Å². The number of ether oxygens (including phenoxy) is 2. The van der Waals surface area contributed by atoms with E-state index in [0.29, 0.717) is 31.2 Å². The Kier molecular flexibility index (Phi) is 8.19. The molecule has 0 atom stereocenters. The molecule has 0 aliphatic carbocycles. The van der Waals surface area contributed by atoms with E-state index < -0.39 is 0 Å². The molecule has 0 saturated carbocycles. The normalized spacial score (nSPS) is 19.0. The molecule has 0 N–H and O–H groups in total. The largest absolute Gasteiger partial charge is 0.352 e. The van der Waals surface area contributed by atoms with Crippen molar-refractivity contribution in [2.45, 2.75) is 52.5 Å². The summed E-state index contributed by atoms with van der Waals surface area (Å²) in [5, 5.41) is 9.07. The molecule has 0 unspecified atom stereocenters. The molecule has 1 aliphatic heterocycles. The molecule has 2 aromatic heterocycles. The molecule has 0 spiro atoms. The Balaban J connectivity index is 1.58. The molecule has 0 radical (unpaired) electrons. The second kappa shape index (κ2) is 10.9. The molecule has 2 aromatic rings. The predicted molar refractivity (Wildman–Crippen MR) is 125 cm³/mol. The monoisotopic (exact) mass is 437 g/mol. The van der Waals surface area contributed by atoms with Crippen molar-refractivity contribution in [1.29, 1.82) is 5.26 Å². The van der Waals surface area contributed by atoms with Crippen LogP contribution in [0.4, 0.5) is 5.82 Å². The van der Waals surface area contributed by atoms with Gasteiger partial charge in [-0.1, -0.05) is 6.07 Å². The highest BCUT2D eigenvalue weighted by atomic mass is 16.7. The van der Waals surface area contributed by atoms with E-state index in [1.165, 1.54) is 0 Å². The number of aromatic nitrogens is 2. The van der Waals surface area contributed by atoms with Gasteiger partial charge < -0.3 is 19.3 Å². The summed E-state index contributed by atoms with van der Waals surface area (Å²) in [6.45, 7) is 12.4. The zero-order valence-corrected chi connectivity index (χ0v) is 19.9. The highest BCUT2D eigenvalue weighted by molar-refractivity contribution is 5.42. The third-order valence-electron chi connectivity index (χ3n) is 5.89. The number of pyridine rings is 2. The molecule has 1 saturated heterocycles. The quantitative estimate of drug-likeness (QED) is 0.622. The highest BCUT2D eigenvalue weighted by Crippen LogP contribution is 2.21. The third-order valence-corrected chi connectivity index (χ3v) is 5.89. The van der Waals surface area contributed by atoms with Crippen LogP contribution in [0.1, 0.15) is 44.0 Å². The molecule has 32 heavy (non-hydrogen) atoms. The van der Waals surface area contributed by atoms with Gasteiger partial charge >= 0.3 is 0 Å². The Hall–Kier alpha value is -2.53. The fourth-order valence-corrected chi connectivity index (χ4v) is 3.50. The smallest absolute Gasteiger partial charge is 0.159 e. The van der Waals surface area contributed by atoms with Gasteiger partial charge in [0, 0.05) is 55.6 Å². The van der Waals surface area contributed by atoms with E-state index in [9.17, 15) is 0 Å². The molecule has 3 rings (SSSR count). The molecule has 7 heteroatoms. The SMILES string of the molecule is Cc1ccc(CN(CCC2OCC(CN(C)C(C)(C)C)CO2)c2ccc(C#N)cn2)cn1. The number of nitriles is 1. The number of hydrogen-bond donors (Lipinski definition) is 0. The number of nitrogens with zero attached hydrogens (tertiary/aromatic N) is 5. The summed E-state index contributed by atoms with van der Waals surface area (Å²) < 4.78 is 12.1. The summed E-state index contributed by atoms with van der Waals surface area (Å²) in [7, 11) is 2.15. The summed E-state index contributed by atoms with van der Waals surface area (Å²) in [6, 6.07) is 9.92. The maximum Gasteiger partial charge on any atom is 0.159 e. The van der Waals surface area contributed by atoms with Crippen LogP contribution in [0.5, 0.6) is 0 Å². The van der Waals surface area contributed by atoms with Crippen LogP contribution in [0.3, 0.4) is 0 Å². The lowest BCUT2D eigenvalue weighted by molar-refractivity contribution is -0.204. The molecule has 7 nitrogen and oxygen atoms in total. The highest BCUT2D eigenvalue weighted by Gasteiger charge is 2.27. The zero-order chi connectivity index (χ0) is 23.1. The first-order chi connectivity index (χ1) is 15.2. The van der Waals surface area contributed by atoms with Crippen LogP contribution in [0.25, 0.3) is 0 Å². The van der Waals surface area contributed by atoms with E-state index in [-0.39, 0.29) is 11.8 Å². The maximum atomic E-state index is 9.07. The number of hydrogen-bond acceptors (Lipinski definition) is 7. The summed E-state index contributed by atoms with van der Waals surface area (Å²) in [4.78, 5) is 13.4. The fourth-order valence-electron chi connectivity index (χ4n) is 3.50. The lowest BCUT2D eigenvalue weighted by Gasteiger charge is -2.37. The average molecular weight is 438 g/mol. The fraction of sp³-hybridized carbons (Fsp3) is 0.560. The van der Waals surface area contributed by atoms with E-state index in [2.05, 4.69) is 59.7 Å². The minimum Gasteiger partial charge on any atom is -0.352 e. The minimum atomic E-state index is -0.219. The van der Waals surface area contributed by atoms with Crippen molar-refractivity contribution in [3.63, 3.8) is 0 Å². The molecule has 1 fully saturated rings. The van der Waals surface area contributed by atoms with Gasteiger partial charge in [0.25, 0.3) is 0 Å². The van der Waals surface area contributed by atoms with Gasteiger partial charge in [-0.25, -0.2) is 4.98 Å². The van der Waals surface area contributed by atoms with Crippen molar-refractivity contribution in [2.75, 3.05) is 38.3 Å². The van der Waals surface area contributed by atoms with Crippen LogP contribution in [0, 0.1) is 24.2 Å². The lowest BCUT2D eigenvalue weighted by atomic mass is 10.0. The van der Waals surface area contributed by atoms with Gasteiger partial charge in [-0.3, -0.25) is 4.98 Å².